The number of pyridine rings is 1. The van der Waals surface area contributed by atoms with Crippen LogP contribution in [0.15, 0.2) is 115 Å². The molecular formula is C30H24N2O2S. The van der Waals surface area contributed by atoms with Crippen LogP contribution in [0.4, 0.5) is 0 Å². The lowest BCUT2D eigenvalue weighted by Gasteiger charge is -2.09. The molecule has 5 heteroatoms. The molecule has 0 aliphatic heterocycles. The second-order valence-electron chi connectivity index (χ2n) is 8.08. The predicted octanol–water partition coefficient (Wildman–Crippen LogP) is 6.99. The number of thiophene rings is 1. The SMILES string of the molecule is O=C(NCc1cccnc1)c1ccc(-c2ccsc2-c2ccc(OCc3ccccc3)cc2)cc1. The van der Waals surface area contributed by atoms with Crippen LogP contribution in [-0.4, -0.2) is 10.9 Å². The summed E-state index contributed by atoms with van der Waals surface area (Å²) in [5.74, 6) is 0.745. The van der Waals surface area contributed by atoms with Crippen LogP contribution in [0.25, 0.3) is 21.6 Å². The monoisotopic (exact) mass is 476 g/mol. The van der Waals surface area contributed by atoms with E-state index in [-0.39, 0.29) is 5.91 Å². The highest BCUT2D eigenvalue weighted by molar-refractivity contribution is 7.14. The van der Waals surface area contributed by atoms with E-state index in [1.54, 1.807) is 23.7 Å². The Morgan fingerprint density at radius 2 is 1.54 bits per heavy atom. The topological polar surface area (TPSA) is 51.2 Å². The van der Waals surface area contributed by atoms with E-state index in [0.29, 0.717) is 18.7 Å². The molecule has 0 radical (unpaired) electrons. The average molecular weight is 477 g/mol. The molecule has 0 unspecified atom stereocenters. The van der Waals surface area contributed by atoms with Crippen molar-refractivity contribution >= 4 is 17.2 Å². The first-order chi connectivity index (χ1) is 17.3. The molecule has 0 spiro atoms. The van der Waals surface area contributed by atoms with Crippen LogP contribution < -0.4 is 10.1 Å². The Labute approximate surface area is 208 Å². The van der Waals surface area contributed by atoms with E-state index in [4.69, 9.17) is 4.74 Å². The van der Waals surface area contributed by atoms with Crippen LogP contribution in [0.1, 0.15) is 21.5 Å². The number of nitrogens with zero attached hydrogens (tertiary/aromatic N) is 1. The average Bonchev–Trinajstić information content (AvgIpc) is 3.42. The lowest BCUT2D eigenvalue weighted by molar-refractivity contribution is 0.0951. The Balaban J connectivity index is 1.25. The summed E-state index contributed by atoms with van der Waals surface area (Å²) in [5, 5.41) is 5.04. The van der Waals surface area contributed by atoms with Crippen LogP contribution in [0.2, 0.25) is 0 Å². The van der Waals surface area contributed by atoms with Crippen molar-refractivity contribution in [2.45, 2.75) is 13.2 Å². The summed E-state index contributed by atoms with van der Waals surface area (Å²) < 4.78 is 5.92. The van der Waals surface area contributed by atoms with E-state index in [2.05, 4.69) is 46.0 Å². The molecule has 2 aromatic heterocycles. The van der Waals surface area contributed by atoms with Crippen LogP contribution in [0.3, 0.4) is 0 Å². The molecule has 0 fully saturated rings. The third-order valence-corrected chi connectivity index (χ3v) is 6.63. The number of hydrogen-bond acceptors (Lipinski definition) is 4. The van der Waals surface area contributed by atoms with Gasteiger partial charge in [-0.05, 0) is 76.2 Å². The van der Waals surface area contributed by atoms with Crippen molar-refractivity contribution in [1.29, 1.82) is 0 Å². The molecule has 0 saturated heterocycles. The van der Waals surface area contributed by atoms with Crippen molar-refractivity contribution in [3.8, 4) is 27.3 Å². The van der Waals surface area contributed by atoms with Crippen molar-refractivity contribution in [3.05, 3.63) is 132 Å². The Morgan fingerprint density at radius 3 is 2.29 bits per heavy atom. The molecule has 0 bridgehead atoms. The number of ether oxygens (including phenoxy) is 1. The maximum Gasteiger partial charge on any atom is 0.251 e. The van der Waals surface area contributed by atoms with Crippen molar-refractivity contribution in [1.82, 2.24) is 10.3 Å². The van der Waals surface area contributed by atoms with E-state index >= 15 is 0 Å². The summed E-state index contributed by atoms with van der Waals surface area (Å²) in [7, 11) is 0. The van der Waals surface area contributed by atoms with E-state index < -0.39 is 0 Å². The fourth-order valence-electron chi connectivity index (χ4n) is 3.79. The minimum absolute atomic E-state index is 0.1000. The summed E-state index contributed by atoms with van der Waals surface area (Å²) in [4.78, 5) is 17.8. The van der Waals surface area contributed by atoms with E-state index in [1.807, 2.05) is 66.7 Å². The lowest BCUT2D eigenvalue weighted by atomic mass is 10.0. The van der Waals surface area contributed by atoms with Gasteiger partial charge < -0.3 is 10.1 Å². The van der Waals surface area contributed by atoms with Crippen LogP contribution in [-0.2, 0) is 13.2 Å². The molecule has 4 nitrogen and oxygen atoms in total. The Kier molecular flexibility index (Phi) is 6.97. The first-order valence-corrected chi connectivity index (χ1v) is 12.3. The number of benzene rings is 3. The van der Waals surface area contributed by atoms with Crippen molar-refractivity contribution in [3.63, 3.8) is 0 Å². The number of carbonyl (C=O) groups is 1. The molecule has 0 atom stereocenters. The van der Waals surface area contributed by atoms with E-state index in [0.717, 1.165) is 33.6 Å². The third-order valence-electron chi connectivity index (χ3n) is 5.66. The highest BCUT2D eigenvalue weighted by atomic mass is 32.1. The second kappa shape index (κ2) is 10.8. The van der Waals surface area contributed by atoms with Gasteiger partial charge in [-0.15, -0.1) is 11.3 Å². The van der Waals surface area contributed by atoms with Gasteiger partial charge in [0, 0.05) is 34.9 Å². The molecule has 0 aliphatic rings. The van der Waals surface area contributed by atoms with Gasteiger partial charge in [0.25, 0.3) is 5.91 Å². The minimum atomic E-state index is -0.1000. The van der Waals surface area contributed by atoms with Gasteiger partial charge in [0.1, 0.15) is 12.4 Å². The lowest BCUT2D eigenvalue weighted by Crippen LogP contribution is -2.22. The quantitative estimate of drug-likeness (QED) is 0.263. The summed E-state index contributed by atoms with van der Waals surface area (Å²) >= 11 is 1.70. The van der Waals surface area contributed by atoms with Crippen LogP contribution >= 0.6 is 11.3 Å². The molecule has 3 aromatic carbocycles. The molecule has 1 N–H and O–H groups in total. The summed E-state index contributed by atoms with van der Waals surface area (Å²) in [6, 6.07) is 32.0. The third kappa shape index (κ3) is 5.65. The van der Waals surface area contributed by atoms with Crippen LogP contribution in [0, 0.1) is 0 Å². The van der Waals surface area contributed by atoms with Crippen molar-refractivity contribution in [2.75, 3.05) is 0 Å². The summed E-state index contributed by atoms with van der Waals surface area (Å²) in [6.07, 6.45) is 3.47. The van der Waals surface area contributed by atoms with Gasteiger partial charge in [-0.1, -0.05) is 48.5 Å². The molecule has 2 heterocycles. The molecule has 5 rings (SSSR count). The Morgan fingerprint density at radius 1 is 0.800 bits per heavy atom. The molecule has 0 saturated carbocycles. The normalized spacial score (nSPS) is 10.6. The zero-order valence-electron chi connectivity index (χ0n) is 19.1. The molecular weight excluding hydrogens is 452 g/mol. The molecule has 1 amide bonds. The molecule has 172 valence electrons. The molecule has 5 aromatic rings. The Bertz CT molecular complexity index is 1380. The molecule has 35 heavy (non-hydrogen) atoms. The number of amides is 1. The fourth-order valence-corrected chi connectivity index (χ4v) is 4.72. The number of carbonyl (C=O) groups excluding carboxylic acids is 1. The van der Waals surface area contributed by atoms with E-state index in [1.165, 1.54) is 4.88 Å². The number of aromatic nitrogens is 1. The van der Waals surface area contributed by atoms with Gasteiger partial charge >= 0.3 is 0 Å². The van der Waals surface area contributed by atoms with Crippen molar-refractivity contribution < 1.29 is 9.53 Å². The first kappa shape index (κ1) is 22.6. The summed E-state index contributed by atoms with van der Waals surface area (Å²) in [5.41, 5.74) is 6.11. The second-order valence-corrected chi connectivity index (χ2v) is 9.00. The predicted molar refractivity (Wildman–Crippen MR) is 141 cm³/mol. The van der Waals surface area contributed by atoms with E-state index in [9.17, 15) is 4.79 Å². The first-order valence-electron chi connectivity index (χ1n) is 11.4. The summed E-state index contributed by atoms with van der Waals surface area (Å²) in [6.45, 7) is 1.00. The van der Waals surface area contributed by atoms with Crippen molar-refractivity contribution in [2.24, 2.45) is 0 Å². The highest BCUT2D eigenvalue weighted by Crippen LogP contribution is 2.37. The standard InChI is InChI=1S/C30H24N2O2S/c33-30(32-20-23-7-4-17-31-19-23)26-10-8-24(9-11-26)28-16-18-35-29(28)25-12-14-27(15-13-25)34-21-22-5-2-1-3-6-22/h1-19H,20-21H2,(H,32,33). The van der Waals surface area contributed by atoms with Gasteiger partial charge in [0.05, 0.1) is 0 Å². The largest absolute Gasteiger partial charge is 0.489 e. The minimum Gasteiger partial charge on any atom is -0.489 e. The Hall–Kier alpha value is -4.22. The van der Waals surface area contributed by atoms with Gasteiger partial charge in [-0.2, -0.15) is 0 Å². The van der Waals surface area contributed by atoms with Crippen LogP contribution in [0.5, 0.6) is 5.75 Å². The number of hydrogen-bond donors (Lipinski definition) is 1. The molecule has 0 aliphatic carbocycles. The number of rotatable bonds is 8. The smallest absolute Gasteiger partial charge is 0.251 e. The number of nitrogens with one attached hydrogen (secondary N) is 1. The zero-order valence-corrected chi connectivity index (χ0v) is 19.9. The van der Waals surface area contributed by atoms with Gasteiger partial charge in [0.2, 0.25) is 0 Å². The van der Waals surface area contributed by atoms with Gasteiger partial charge in [0.15, 0.2) is 0 Å². The fraction of sp³-hybridized carbons (Fsp3) is 0.0667. The van der Waals surface area contributed by atoms with Gasteiger partial charge in [-0.3, -0.25) is 9.78 Å². The maximum atomic E-state index is 12.5. The zero-order chi connectivity index (χ0) is 23.9. The maximum absolute atomic E-state index is 12.5. The highest BCUT2D eigenvalue weighted by Gasteiger charge is 2.11. The van der Waals surface area contributed by atoms with Gasteiger partial charge in [-0.25, -0.2) is 0 Å².